The minimum Gasteiger partial charge on any atom is -0.354 e. The summed E-state index contributed by atoms with van der Waals surface area (Å²) in [5.74, 6) is 5.03. The predicted molar refractivity (Wildman–Crippen MR) is 49.8 cm³/mol. The molecule has 12 heavy (non-hydrogen) atoms. The van der Waals surface area contributed by atoms with Crippen molar-refractivity contribution in [3.05, 3.63) is 11.5 Å². The lowest BCUT2D eigenvalue weighted by Gasteiger charge is -2.10. The second kappa shape index (κ2) is 3.38. The van der Waals surface area contributed by atoms with Gasteiger partial charge in [-0.3, -0.25) is 0 Å². The SMILES string of the molecule is NNC(=S)N[C@@H]1C=CS(=O)(=O)C1. The Bertz CT molecular complexity index is 309. The number of hydrogen-bond donors (Lipinski definition) is 3. The molecular weight excluding hydrogens is 198 g/mol. The Morgan fingerprint density at radius 3 is 2.75 bits per heavy atom. The van der Waals surface area contributed by atoms with E-state index in [4.69, 9.17) is 18.1 Å². The van der Waals surface area contributed by atoms with Gasteiger partial charge in [0.1, 0.15) is 0 Å². The molecule has 0 saturated heterocycles. The summed E-state index contributed by atoms with van der Waals surface area (Å²) in [4.78, 5) is 0. The average Bonchev–Trinajstić information content (AvgIpc) is 2.30. The van der Waals surface area contributed by atoms with Crippen molar-refractivity contribution in [3.63, 3.8) is 0 Å². The Labute approximate surface area is 75.9 Å². The monoisotopic (exact) mass is 207 g/mol. The van der Waals surface area contributed by atoms with Crippen molar-refractivity contribution in [2.75, 3.05) is 5.75 Å². The molecule has 0 fully saturated rings. The first-order valence-electron chi connectivity index (χ1n) is 3.21. The van der Waals surface area contributed by atoms with E-state index in [1.54, 1.807) is 6.08 Å². The highest BCUT2D eigenvalue weighted by Crippen LogP contribution is 2.07. The van der Waals surface area contributed by atoms with Gasteiger partial charge < -0.3 is 10.7 Å². The fourth-order valence-electron chi connectivity index (χ4n) is 0.876. The van der Waals surface area contributed by atoms with Gasteiger partial charge in [0.15, 0.2) is 14.9 Å². The molecule has 0 aromatic heterocycles. The molecule has 0 aromatic rings. The van der Waals surface area contributed by atoms with E-state index in [1.807, 2.05) is 0 Å². The van der Waals surface area contributed by atoms with E-state index in [1.165, 1.54) is 5.41 Å². The first-order valence-corrected chi connectivity index (χ1v) is 5.34. The van der Waals surface area contributed by atoms with E-state index < -0.39 is 9.84 Å². The van der Waals surface area contributed by atoms with E-state index in [2.05, 4.69) is 10.7 Å². The molecule has 0 aromatic carbocycles. The van der Waals surface area contributed by atoms with Crippen LogP contribution >= 0.6 is 12.2 Å². The van der Waals surface area contributed by atoms with Crippen LogP contribution in [0.5, 0.6) is 0 Å². The third-order valence-electron chi connectivity index (χ3n) is 1.38. The van der Waals surface area contributed by atoms with Gasteiger partial charge in [0, 0.05) is 5.41 Å². The highest BCUT2D eigenvalue weighted by Gasteiger charge is 2.21. The summed E-state index contributed by atoms with van der Waals surface area (Å²) in [6.07, 6.45) is 1.54. The van der Waals surface area contributed by atoms with Crippen molar-refractivity contribution in [3.8, 4) is 0 Å². The molecule has 5 nitrogen and oxygen atoms in total. The molecule has 0 amide bonds. The van der Waals surface area contributed by atoms with Crippen LogP contribution in [0.1, 0.15) is 0 Å². The van der Waals surface area contributed by atoms with Crippen molar-refractivity contribution in [2.45, 2.75) is 6.04 Å². The zero-order valence-corrected chi connectivity index (χ0v) is 7.78. The smallest absolute Gasteiger partial charge is 0.181 e. The molecule has 0 unspecified atom stereocenters. The van der Waals surface area contributed by atoms with Gasteiger partial charge in [0.2, 0.25) is 0 Å². The molecule has 1 atom stereocenters. The van der Waals surface area contributed by atoms with Crippen LogP contribution in [0.3, 0.4) is 0 Å². The van der Waals surface area contributed by atoms with Gasteiger partial charge >= 0.3 is 0 Å². The minimum absolute atomic E-state index is 0.0365. The molecular formula is C5H9N3O2S2. The number of rotatable bonds is 1. The molecule has 1 heterocycles. The fraction of sp³-hybridized carbons (Fsp3) is 0.400. The van der Waals surface area contributed by atoms with Gasteiger partial charge in [-0.15, -0.1) is 0 Å². The van der Waals surface area contributed by atoms with Gasteiger partial charge in [-0.05, 0) is 18.3 Å². The van der Waals surface area contributed by atoms with Crippen LogP contribution in [0.2, 0.25) is 0 Å². The van der Waals surface area contributed by atoms with Crippen LogP contribution in [-0.4, -0.2) is 25.3 Å². The van der Waals surface area contributed by atoms with Crippen molar-refractivity contribution >= 4 is 27.2 Å². The van der Waals surface area contributed by atoms with Crippen molar-refractivity contribution < 1.29 is 8.42 Å². The second-order valence-electron chi connectivity index (χ2n) is 2.38. The number of sulfone groups is 1. The van der Waals surface area contributed by atoms with Crippen LogP contribution < -0.4 is 16.6 Å². The largest absolute Gasteiger partial charge is 0.354 e. The van der Waals surface area contributed by atoms with Gasteiger partial charge in [0.05, 0.1) is 11.8 Å². The molecule has 0 bridgehead atoms. The van der Waals surface area contributed by atoms with Crippen LogP contribution in [0.4, 0.5) is 0 Å². The molecule has 0 saturated carbocycles. The third kappa shape index (κ3) is 2.43. The molecule has 0 spiro atoms. The Kier molecular flexibility index (Phi) is 2.65. The summed E-state index contributed by atoms with van der Waals surface area (Å²) < 4.78 is 21.8. The predicted octanol–water partition coefficient (Wildman–Crippen LogP) is -1.37. The summed E-state index contributed by atoms with van der Waals surface area (Å²) in [6, 6.07) is -0.265. The van der Waals surface area contributed by atoms with Gasteiger partial charge in [0.25, 0.3) is 0 Å². The molecule has 1 rings (SSSR count). The summed E-state index contributed by atoms with van der Waals surface area (Å²) >= 11 is 4.69. The van der Waals surface area contributed by atoms with Crippen molar-refractivity contribution in [1.82, 2.24) is 10.7 Å². The van der Waals surface area contributed by atoms with Crippen LogP contribution in [0, 0.1) is 0 Å². The number of thiocarbonyl (C=S) groups is 1. The van der Waals surface area contributed by atoms with Crippen LogP contribution in [0.25, 0.3) is 0 Å². The Hall–Kier alpha value is -0.660. The average molecular weight is 207 g/mol. The van der Waals surface area contributed by atoms with E-state index in [9.17, 15) is 8.42 Å². The van der Waals surface area contributed by atoms with E-state index in [0.29, 0.717) is 0 Å². The summed E-state index contributed by atoms with van der Waals surface area (Å²) in [6.45, 7) is 0. The number of nitrogens with two attached hydrogens (primary N) is 1. The van der Waals surface area contributed by atoms with Gasteiger partial charge in [-0.25, -0.2) is 14.3 Å². The number of nitrogens with one attached hydrogen (secondary N) is 2. The zero-order chi connectivity index (χ0) is 9.19. The van der Waals surface area contributed by atoms with Gasteiger partial charge in [-0.2, -0.15) is 0 Å². The zero-order valence-electron chi connectivity index (χ0n) is 6.15. The first kappa shape index (κ1) is 9.43. The lowest BCUT2D eigenvalue weighted by atomic mass is 10.3. The molecule has 0 radical (unpaired) electrons. The molecule has 0 aliphatic carbocycles. The molecule has 68 valence electrons. The normalized spacial score (nSPS) is 25.2. The summed E-state index contributed by atoms with van der Waals surface area (Å²) in [7, 11) is -3.02. The maximum atomic E-state index is 10.9. The van der Waals surface area contributed by atoms with E-state index in [-0.39, 0.29) is 16.9 Å². The third-order valence-corrected chi connectivity index (χ3v) is 3.01. The molecule has 7 heteroatoms. The Morgan fingerprint density at radius 1 is 1.67 bits per heavy atom. The minimum atomic E-state index is -3.02. The first-order chi connectivity index (χ1) is 5.53. The Morgan fingerprint density at radius 2 is 2.33 bits per heavy atom. The highest BCUT2D eigenvalue weighted by atomic mass is 32.2. The quantitative estimate of drug-likeness (QED) is 0.280. The van der Waals surface area contributed by atoms with Gasteiger partial charge in [-0.1, -0.05) is 0 Å². The summed E-state index contributed by atoms with van der Waals surface area (Å²) in [5.41, 5.74) is 2.21. The highest BCUT2D eigenvalue weighted by molar-refractivity contribution is 7.94. The standard InChI is InChI=1S/C5H9N3O2S2/c6-8-5(11)7-4-1-2-12(9,10)3-4/h1-2,4H,3,6H2,(H2,7,8,11)/t4-/m1/s1. The fourth-order valence-corrected chi connectivity index (χ4v) is 2.26. The molecule has 1 aliphatic rings. The lowest BCUT2D eigenvalue weighted by Crippen LogP contribution is -2.45. The number of hydrazine groups is 1. The van der Waals surface area contributed by atoms with E-state index >= 15 is 0 Å². The maximum Gasteiger partial charge on any atom is 0.181 e. The lowest BCUT2D eigenvalue weighted by molar-refractivity contribution is 0.602. The second-order valence-corrected chi connectivity index (χ2v) is 4.72. The van der Waals surface area contributed by atoms with Crippen molar-refractivity contribution in [1.29, 1.82) is 0 Å². The molecule has 4 N–H and O–H groups in total. The van der Waals surface area contributed by atoms with Crippen LogP contribution in [0.15, 0.2) is 11.5 Å². The Balaban J connectivity index is 2.51. The topological polar surface area (TPSA) is 84.2 Å². The van der Waals surface area contributed by atoms with Crippen LogP contribution in [-0.2, 0) is 9.84 Å². The molecule has 1 aliphatic heterocycles. The van der Waals surface area contributed by atoms with Crippen molar-refractivity contribution in [2.24, 2.45) is 5.84 Å². The number of hydrogen-bond acceptors (Lipinski definition) is 4. The maximum absolute atomic E-state index is 10.9. The summed E-state index contributed by atoms with van der Waals surface area (Å²) in [5, 5.41) is 4.12. The van der Waals surface area contributed by atoms with E-state index in [0.717, 1.165) is 0 Å².